The van der Waals surface area contributed by atoms with E-state index in [9.17, 15) is 16.8 Å². The highest BCUT2D eigenvalue weighted by molar-refractivity contribution is 8.04. The molecule has 0 aliphatic rings. The van der Waals surface area contributed by atoms with Crippen LogP contribution in [0.4, 0.5) is 0 Å². The van der Waals surface area contributed by atoms with E-state index in [1.165, 1.54) is 16.3 Å². The number of rotatable bonds is 3. The van der Waals surface area contributed by atoms with Gasteiger partial charge in [0.25, 0.3) is 10.0 Å². The minimum absolute atomic E-state index is 0.211. The molecule has 1 aromatic carbocycles. The molecular formula is C8H8N2O4S2. The van der Waals surface area contributed by atoms with Gasteiger partial charge < -0.3 is 0 Å². The molecular weight excluding hydrogens is 252 g/mol. The van der Waals surface area contributed by atoms with Crippen LogP contribution in [-0.2, 0) is 20.0 Å². The summed E-state index contributed by atoms with van der Waals surface area (Å²) in [7, 11) is -7.94. The van der Waals surface area contributed by atoms with Gasteiger partial charge in [0.1, 0.15) is 0 Å². The van der Waals surface area contributed by atoms with Crippen LogP contribution in [0.3, 0.4) is 0 Å². The van der Waals surface area contributed by atoms with Crippen LogP contribution in [0.15, 0.2) is 29.2 Å². The first-order valence-electron chi connectivity index (χ1n) is 3.98. The predicted octanol–water partition coefficient (Wildman–Crippen LogP) is -0.204. The van der Waals surface area contributed by atoms with Gasteiger partial charge >= 0.3 is 0 Å². The Hall–Kier alpha value is -1.43. The Morgan fingerprint density at radius 2 is 1.62 bits per heavy atom. The summed E-state index contributed by atoms with van der Waals surface area (Å²) in [4.78, 5) is -0.211. The average molecular weight is 260 g/mol. The number of nitrogens with one attached hydrogen (secondary N) is 1. The lowest BCUT2D eigenvalue weighted by Gasteiger charge is -2.03. The molecule has 0 heterocycles. The van der Waals surface area contributed by atoms with E-state index in [2.05, 4.69) is 0 Å². The molecule has 0 aliphatic heterocycles. The highest BCUT2D eigenvalue weighted by atomic mass is 32.3. The van der Waals surface area contributed by atoms with Crippen molar-refractivity contribution in [1.82, 2.24) is 4.13 Å². The largest absolute Gasteiger partial charge is 0.253 e. The molecule has 6 nitrogen and oxygen atoms in total. The lowest BCUT2D eigenvalue weighted by Crippen LogP contribution is -2.29. The molecule has 0 aromatic heterocycles. The number of nitriles is 1. The van der Waals surface area contributed by atoms with Crippen molar-refractivity contribution in [3.05, 3.63) is 29.8 Å². The molecule has 0 radical (unpaired) electrons. The summed E-state index contributed by atoms with van der Waals surface area (Å²) in [5, 5.41) is 8.51. The molecule has 1 N–H and O–H groups in total. The summed E-state index contributed by atoms with van der Waals surface area (Å²) >= 11 is 0. The second-order valence-corrected chi connectivity index (χ2v) is 6.68. The van der Waals surface area contributed by atoms with Crippen molar-refractivity contribution >= 4 is 20.0 Å². The monoisotopic (exact) mass is 260 g/mol. The van der Waals surface area contributed by atoms with E-state index in [0.29, 0.717) is 5.56 Å². The molecule has 1 aromatic rings. The summed E-state index contributed by atoms with van der Waals surface area (Å²) in [6.45, 7) is 0. The van der Waals surface area contributed by atoms with Crippen LogP contribution in [0.5, 0.6) is 0 Å². The number of hydrogen-bond donors (Lipinski definition) is 1. The summed E-state index contributed by atoms with van der Waals surface area (Å²) in [5.41, 5.74) is 0.290. The smallest absolute Gasteiger partial charge is 0.212 e. The lowest BCUT2D eigenvalue weighted by molar-refractivity contribution is 0.580. The first kappa shape index (κ1) is 12.6. The van der Waals surface area contributed by atoms with E-state index in [0.717, 1.165) is 18.4 Å². The van der Waals surface area contributed by atoms with E-state index >= 15 is 0 Å². The van der Waals surface area contributed by atoms with E-state index in [1.54, 1.807) is 0 Å². The third-order valence-corrected chi connectivity index (χ3v) is 4.54. The molecule has 0 aliphatic carbocycles. The second kappa shape index (κ2) is 4.21. The van der Waals surface area contributed by atoms with Crippen LogP contribution in [0.25, 0.3) is 0 Å². The van der Waals surface area contributed by atoms with Gasteiger partial charge in [0.05, 0.1) is 22.8 Å². The van der Waals surface area contributed by atoms with E-state index in [4.69, 9.17) is 5.26 Å². The Labute approximate surface area is 93.6 Å². The van der Waals surface area contributed by atoms with Crippen molar-refractivity contribution in [3.63, 3.8) is 0 Å². The first-order chi connectivity index (χ1) is 7.24. The second-order valence-electron chi connectivity index (χ2n) is 3.00. The summed E-state index contributed by atoms with van der Waals surface area (Å²) in [6.07, 6.45) is 0.744. The fraction of sp³-hybridized carbons (Fsp3) is 0.125. The zero-order valence-corrected chi connectivity index (χ0v) is 9.84. The predicted molar refractivity (Wildman–Crippen MR) is 56.3 cm³/mol. The van der Waals surface area contributed by atoms with Crippen molar-refractivity contribution in [2.45, 2.75) is 4.90 Å². The van der Waals surface area contributed by atoms with Crippen molar-refractivity contribution < 1.29 is 16.8 Å². The topological polar surface area (TPSA) is 104 Å². The number of sulfonamides is 2. The molecule has 0 amide bonds. The average Bonchev–Trinajstić information content (AvgIpc) is 2.14. The first-order valence-corrected chi connectivity index (χ1v) is 7.36. The molecule has 0 unspecified atom stereocenters. The van der Waals surface area contributed by atoms with Gasteiger partial charge in [0, 0.05) is 0 Å². The van der Waals surface area contributed by atoms with Crippen molar-refractivity contribution in [3.8, 4) is 6.07 Å². The number of nitrogens with zero attached hydrogens (tertiary/aromatic N) is 1. The Morgan fingerprint density at radius 3 is 2.00 bits per heavy atom. The zero-order valence-electron chi connectivity index (χ0n) is 8.21. The van der Waals surface area contributed by atoms with E-state index < -0.39 is 20.0 Å². The van der Waals surface area contributed by atoms with E-state index in [-0.39, 0.29) is 4.90 Å². The molecule has 86 valence electrons. The quantitative estimate of drug-likeness (QED) is 0.810. The maximum Gasteiger partial charge on any atom is 0.253 e. The fourth-order valence-electron chi connectivity index (χ4n) is 0.956. The van der Waals surface area contributed by atoms with Crippen molar-refractivity contribution in [2.75, 3.05) is 6.26 Å². The molecule has 0 bridgehead atoms. The lowest BCUT2D eigenvalue weighted by atomic mass is 10.2. The third kappa shape index (κ3) is 3.30. The van der Waals surface area contributed by atoms with Gasteiger partial charge in [-0.05, 0) is 24.3 Å². The maximum atomic E-state index is 11.5. The molecule has 8 heteroatoms. The van der Waals surface area contributed by atoms with Crippen molar-refractivity contribution in [1.29, 1.82) is 5.26 Å². The highest BCUT2D eigenvalue weighted by Crippen LogP contribution is 2.10. The summed E-state index contributed by atoms with van der Waals surface area (Å²) < 4.78 is 46.1. The molecule has 16 heavy (non-hydrogen) atoms. The summed E-state index contributed by atoms with van der Waals surface area (Å²) in [6, 6.07) is 6.72. The van der Waals surface area contributed by atoms with Crippen molar-refractivity contribution in [2.24, 2.45) is 0 Å². The molecule has 0 fully saturated rings. The molecule has 0 saturated heterocycles. The van der Waals surface area contributed by atoms with Crippen LogP contribution in [0.2, 0.25) is 0 Å². The molecule has 1 rings (SSSR count). The van der Waals surface area contributed by atoms with Gasteiger partial charge in [-0.25, -0.2) is 16.8 Å². The van der Waals surface area contributed by atoms with Crippen LogP contribution in [0, 0.1) is 11.3 Å². The molecule has 0 atom stereocenters. The minimum atomic E-state index is -4.09. The van der Waals surface area contributed by atoms with Crippen LogP contribution in [-0.4, -0.2) is 23.1 Å². The summed E-state index contributed by atoms with van der Waals surface area (Å²) in [5.74, 6) is 0. The van der Waals surface area contributed by atoms with Gasteiger partial charge in [-0.15, -0.1) is 4.13 Å². The van der Waals surface area contributed by atoms with Gasteiger partial charge in [0.15, 0.2) is 0 Å². The Bertz CT molecular complexity index is 624. The molecule has 0 saturated carbocycles. The molecule has 0 spiro atoms. The van der Waals surface area contributed by atoms with Crippen LogP contribution < -0.4 is 4.13 Å². The van der Waals surface area contributed by atoms with Gasteiger partial charge in [-0.1, -0.05) is 0 Å². The highest BCUT2D eigenvalue weighted by Gasteiger charge is 2.18. The fourth-order valence-corrected chi connectivity index (χ4v) is 3.43. The van der Waals surface area contributed by atoms with E-state index in [1.807, 2.05) is 6.07 Å². The maximum absolute atomic E-state index is 11.5. The van der Waals surface area contributed by atoms with Gasteiger partial charge in [0.2, 0.25) is 10.0 Å². The van der Waals surface area contributed by atoms with Crippen LogP contribution >= 0.6 is 0 Å². The van der Waals surface area contributed by atoms with Crippen LogP contribution in [0.1, 0.15) is 5.56 Å². The standard InChI is InChI=1S/C8H8N2O4S2/c1-15(11,12)10-16(13,14)8-4-2-7(6-9)3-5-8/h2-5,10H,1H3. The Kier molecular flexibility index (Phi) is 3.32. The number of hydrogen-bond acceptors (Lipinski definition) is 5. The Balaban J connectivity index is 3.15. The SMILES string of the molecule is CS(=O)(=O)NS(=O)(=O)c1ccc(C#N)cc1. The minimum Gasteiger partial charge on any atom is -0.212 e. The van der Waals surface area contributed by atoms with Gasteiger partial charge in [-0.3, -0.25) is 0 Å². The zero-order chi connectivity index (χ0) is 12.4. The Morgan fingerprint density at radius 1 is 1.12 bits per heavy atom. The number of benzene rings is 1. The normalized spacial score (nSPS) is 12.0. The van der Waals surface area contributed by atoms with Gasteiger partial charge in [-0.2, -0.15) is 5.26 Å². The third-order valence-electron chi connectivity index (χ3n) is 1.55.